The van der Waals surface area contributed by atoms with E-state index in [1.807, 2.05) is 19.1 Å². The highest BCUT2D eigenvalue weighted by Gasteiger charge is 2.25. The van der Waals surface area contributed by atoms with Crippen molar-refractivity contribution in [1.29, 1.82) is 0 Å². The minimum Gasteiger partial charge on any atom is -0.487 e. The number of fused-ring (bicyclic) bond motifs is 1. The van der Waals surface area contributed by atoms with E-state index in [0.29, 0.717) is 35.9 Å². The van der Waals surface area contributed by atoms with Gasteiger partial charge in [-0.1, -0.05) is 36.8 Å². The SMILES string of the molecule is CC(=O)c1c(OCCN2CCCCC2)c(OCCCc2ccccc2)c2occc2c1C. The van der Waals surface area contributed by atoms with Crippen LogP contribution in [0.4, 0.5) is 0 Å². The van der Waals surface area contributed by atoms with Crippen LogP contribution in [0.25, 0.3) is 11.0 Å². The number of hydrogen-bond acceptors (Lipinski definition) is 5. The quantitative estimate of drug-likeness (QED) is 0.297. The zero-order valence-electron chi connectivity index (χ0n) is 19.2. The van der Waals surface area contributed by atoms with E-state index in [-0.39, 0.29) is 5.78 Å². The molecule has 2 heterocycles. The molecule has 0 atom stereocenters. The Morgan fingerprint density at radius 1 is 1.00 bits per heavy atom. The Kier molecular flexibility index (Phi) is 7.48. The number of piperidine rings is 1. The monoisotopic (exact) mass is 435 g/mol. The molecular formula is C27H33NO4. The number of benzene rings is 2. The van der Waals surface area contributed by atoms with E-state index in [2.05, 4.69) is 29.2 Å². The summed E-state index contributed by atoms with van der Waals surface area (Å²) < 4.78 is 18.3. The summed E-state index contributed by atoms with van der Waals surface area (Å²) >= 11 is 0. The van der Waals surface area contributed by atoms with Gasteiger partial charge in [0, 0.05) is 11.9 Å². The maximum atomic E-state index is 12.6. The van der Waals surface area contributed by atoms with Crippen LogP contribution in [0, 0.1) is 6.92 Å². The fourth-order valence-electron chi connectivity index (χ4n) is 4.55. The molecule has 0 aliphatic carbocycles. The van der Waals surface area contributed by atoms with Crippen molar-refractivity contribution < 1.29 is 18.7 Å². The number of nitrogens with zero attached hydrogens (tertiary/aromatic N) is 1. The van der Waals surface area contributed by atoms with Crippen LogP contribution in [0.2, 0.25) is 0 Å². The zero-order chi connectivity index (χ0) is 22.3. The highest BCUT2D eigenvalue weighted by molar-refractivity contribution is 6.05. The fourth-order valence-corrected chi connectivity index (χ4v) is 4.55. The van der Waals surface area contributed by atoms with E-state index in [4.69, 9.17) is 13.9 Å². The predicted octanol–water partition coefficient (Wildman–Crippen LogP) is 5.82. The maximum Gasteiger partial charge on any atom is 0.205 e. The van der Waals surface area contributed by atoms with Crippen LogP contribution in [0.15, 0.2) is 47.1 Å². The van der Waals surface area contributed by atoms with Crippen molar-refractivity contribution in [2.45, 2.75) is 46.0 Å². The molecule has 0 amide bonds. The highest BCUT2D eigenvalue weighted by atomic mass is 16.5. The summed E-state index contributed by atoms with van der Waals surface area (Å²) in [5.41, 5.74) is 3.41. The first kappa shape index (κ1) is 22.4. The molecule has 5 heteroatoms. The molecule has 0 saturated carbocycles. The number of carbonyl (C=O) groups is 1. The van der Waals surface area contributed by atoms with E-state index in [0.717, 1.165) is 43.4 Å². The van der Waals surface area contributed by atoms with Gasteiger partial charge in [-0.25, -0.2) is 0 Å². The Morgan fingerprint density at radius 3 is 2.50 bits per heavy atom. The third-order valence-electron chi connectivity index (χ3n) is 6.24. The van der Waals surface area contributed by atoms with Crippen molar-refractivity contribution in [3.8, 4) is 11.5 Å². The minimum absolute atomic E-state index is 0.0206. The summed E-state index contributed by atoms with van der Waals surface area (Å²) in [6, 6.07) is 12.3. The summed E-state index contributed by atoms with van der Waals surface area (Å²) in [5.74, 6) is 1.05. The lowest BCUT2D eigenvalue weighted by Crippen LogP contribution is -2.33. The van der Waals surface area contributed by atoms with Gasteiger partial charge in [-0.05, 0) is 69.8 Å². The molecule has 5 nitrogen and oxygen atoms in total. The van der Waals surface area contributed by atoms with Crippen molar-refractivity contribution in [3.05, 3.63) is 59.4 Å². The van der Waals surface area contributed by atoms with E-state index in [1.54, 1.807) is 13.2 Å². The molecule has 32 heavy (non-hydrogen) atoms. The second kappa shape index (κ2) is 10.7. The van der Waals surface area contributed by atoms with Crippen LogP contribution in [-0.4, -0.2) is 43.5 Å². The van der Waals surface area contributed by atoms with E-state index in [1.165, 1.54) is 24.8 Å². The molecule has 3 aromatic rings. The van der Waals surface area contributed by atoms with Crippen molar-refractivity contribution in [2.24, 2.45) is 0 Å². The van der Waals surface area contributed by atoms with Crippen molar-refractivity contribution in [2.75, 3.05) is 32.8 Å². The summed E-state index contributed by atoms with van der Waals surface area (Å²) in [7, 11) is 0. The molecule has 170 valence electrons. The summed E-state index contributed by atoms with van der Waals surface area (Å²) in [6.07, 6.45) is 7.23. The summed E-state index contributed by atoms with van der Waals surface area (Å²) in [4.78, 5) is 15.0. The van der Waals surface area contributed by atoms with Gasteiger partial charge in [0.1, 0.15) is 6.61 Å². The lowest BCUT2D eigenvalue weighted by atomic mass is 9.99. The Labute approximate surface area is 190 Å². The average molecular weight is 436 g/mol. The number of carbonyl (C=O) groups excluding carboxylic acids is 1. The Bertz CT molecular complexity index is 1030. The van der Waals surface area contributed by atoms with Gasteiger partial charge in [-0.15, -0.1) is 0 Å². The van der Waals surface area contributed by atoms with Crippen molar-refractivity contribution >= 4 is 16.8 Å². The van der Waals surface area contributed by atoms with Crippen LogP contribution in [-0.2, 0) is 6.42 Å². The molecule has 0 radical (unpaired) electrons. The van der Waals surface area contributed by atoms with Crippen LogP contribution in [0.1, 0.15) is 54.1 Å². The molecule has 0 spiro atoms. The topological polar surface area (TPSA) is 51.9 Å². The molecule has 0 bridgehead atoms. The van der Waals surface area contributed by atoms with Gasteiger partial charge < -0.3 is 13.9 Å². The first-order valence-electron chi connectivity index (χ1n) is 11.7. The smallest absolute Gasteiger partial charge is 0.205 e. The first-order valence-corrected chi connectivity index (χ1v) is 11.7. The number of likely N-dealkylation sites (tertiary alicyclic amines) is 1. The van der Waals surface area contributed by atoms with E-state index < -0.39 is 0 Å². The fraction of sp³-hybridized carbons (Fsp3) is 0.444. The molecule has 0 unspecified atom stereocenters. The van der Waals surface area contributed by atoms with Gasteiger partial charge in [-0.3, -0.25) is 9.69 Å². The minimum atomic E-state index is -0.0206. The van der Waals surface area contributed by atoms with Crippen molar-refractivity contribution in [1.82, 2.24) is 4.90 Å². The molecule has 1 aromatic heterocycles. The maximum absolute atomic E-state index is 12.6. The number of ketones is 1. The van der Waals surface area contributed by atoms with Crippen LogP contribution < -0.4 is 9.47 Å². The average Bonchev–Trinajstić information content (AvgIpc) is 3.30. The number of hydrogen-bond donors (Lipinski definition) is 0. The van der Waals surface area contributed by atoms with Crippen LogP contribution >= 0.6 is 0 Å². The third kappa shape index (κ3) is 5.16. The normalized spacial score (nSPS) is 14.6. The molecule has 0 N–H and O–H groups in total. The molecule has 1 fully saturated rings. The largest absolute Gasteiger partial charge is 0.487 e. The van der Waals surface area contributed by atoms with E-state index >= 15 is 0 Å². The Balaban J connectivity index is 1.54. The third-order valence-corrected chi connectivity index (χ3v) is 6.24. The lowest BCUT2D eigenvalue weighted by molar-refractivity contribution is 0.101. The van der Waals surface area contributed by atoms with Crippen LogP contribution in [0.5, 0.6) is 11.5 Å². The molecule has 2 aromatic carbocycles. The summed E-state index contributed by atoms with van der Waals surface area (Å²) in [6.45, 7) is 7.65. The van der Waals surface area contributed by atoms with Gasteiger partial charge in [0.2, 0.25) is 5.75 Å². The van der Waals surface area contributed by atoms with Gasteiger partial charge in [-0.2, -0.15) is 0 Å². The number of aryl methyl sites for hydroxylation is 2. The predicted molar refractivity (Wildman–Crippen MR) is 127 cm³/mol. The van der Waals surface area contributed by atoms with Crippen molar-refractivity contribution in [3.63, 3.8) is 0 Å². The lowest BCUT2D eigenvalue weighted by Gasteiger charge is -2.26. The summed E-state index contributed by atoms with van der Waals surface area (Å²) in [5, 5.41) is 0.900. The standard InChI is InChI=1S/C27H33NO4/c1-20-23-13-18-31-25(23)27(30-17-9-12-22-10-5-3-6-11-22)26(24(20)21(2)29)32-19-16-28-14-7-4-8-15-28/h3,5-6,10-11,13,18H,4,7-9,12,14-17,19H2,1-2H3. The molecule has 4 rings (SSSR count). The van der Waals surface area contributed by atoms with Gasteiger partial charge in [0.05, 0.1) is 18.4 Å². The zero-order valence-corrected chi connectivity index (χ0v) is 19.2. The second-order valence-corrected chi connectivity index (χ2v) is 8.57. The van der Waals surface area contributed by atoms with Crippen LogP contribution in [0.3, 0.4) is 0 Å². The van der Waals surface area contributed by atoms with Gasteiger partial charge in [0.25, 0.3) is 0 Å². The van der Waals surface area contributed by atoms with Gasteiger partial charge in [0.15, 0.2) is 17.1 Å². The number of furan rings is 1. The second-order valence-electron chi connectivity index (χ2n) is 8.57. The van der Waals surface area contributed by atoms with Gasteiger partial charge >= 0.3 is 0 Å². The number of ether oxygens (including phenoxy) is 2. The molecule has 1 aliphatic rings. The number of Topliss-reactive ketones (excluding diaryl/α,β-unsaturated/α-hetero) is 1. The van der Waals surface area contributed by atoms with E-state index in [9.17, 15) is 4.79 Å². The highest BCUT2D eigenvalue weighted by Crippen LogP contribution is 2.43. The Morgan fingerprint density at radius 2 is 1.75 bits per heavy atom. The molecule has 1 aliphatic heterocycles. The number of rotatable bonds is 10. The molecular weight excluding hydrogens is 402 g/mol. The first-order chi connectivity index (χ1) is 15.6. The Hall–Kier alpha value is -2.79. The molecule has 1 saturated heterocycles.